The quantitative estimate of drug-likeness (QED) is 0.716. The second kappa shape index (κ2) is 4.68. The molecule has 0 amide bonds. The number of allylic oxidation sites excluding steroid dienone is 1. The molecule has 5 heteroatoms. The standard InChI is InChI=1S/C10H14F3NO/c1-7(2)9-4-3-8(5-14-9)15-6-10(11,12)13/h5,7H,3-4,6H2,1-2H3. The van der Waals surface area contributed by atoms with E-state index in [-0.39, 0.29) is 0 Å². The van der Waals surface area contributed by atoms with Gasteiger partial charge in [0.05, 0.1) is 6.20 Å². The van der Waals surface area contributed by atoms with Gasteiger partial charge in [-0.2, -0.15) is 13.2 Å². The van der Waals surface area contributed by atoms with Crippen LogP contribution in [-0.4, -0.2) is 18.5 Å². The number of ether oxygens (including phenoxy) is 1. The molecule has 1 aliphatic rings. The van der Waals surface area contributed by atoms with Crippen LogP contribution < -0.4 is 0 Å². The Bertz CT molecular complexity index is 279. The van der Waals surface area contributed by atoms with E-state index in [0.29, 0.717) is 24.5 Å². The number of halogens is 3. The third-order valence-electron chi connectivity index (χ3n) is 2.09. The van der Waals surface area contributed by atoms with Crippen molar-refractivity contribution in [2.45, 2.75) is 32.9 Å². The van der Waals surface area contributed by atoms with Crippen LogP contribution in [0.5, 0.6) is 0 Å². The molecule has 0 saturated heterocycles. The fraction of sp³-hybridized carbons (Fsp3) is 0.700. The summed E-state index contributed by atoms with van der Waals surface area (Å²) in [5.41, 5.74) is 1.01. The molecule has 0 fully saturated rings. The topological polar surface area (TPSA) is 21.6 Å². The molecule has 0 aromatic carbocycles. The lowest BCUT2D eigenvalue weighted by Gasteiger charge is -2.17. The first-order valence-electron chi connectivity index (χ1n) is 4.83. The van der Waals surface area contributed by atoms with Crippen molar-refractivity contribution in [2.24, 2.45) is 10.9 Å². The van der Waals surface area contributed by atoms with Crippen molar-refractivity contribution in [3.63, 3.8) is 0 Å². The zero-order valence-electron chi connectivity index (χ0n) is 8.77. The summed E-state index contributed by atoms with van der Waals surface area (Å²) < 4.78 is 40.1. The fourth-order valence-electron chi connectivity index (χ4n) is 1.26. The van der Waals surface area contributed by atoms with E-state index >= 15 is 0 Å². The second-order valence-corrected chi connectivity index (χ2v) is 3.77. The van der Waals surface area contributed by atoms with Crippen LogP contribution in [0.25, 0.3) is 0 Å². The van der Waals surface area contributed by atoms with Gasteiger partial charge in [-0.25, -0.2) is 0 Å². The molecule has 0 aromatic rings. The van der Waals surface area contributed by atoms with Gasteiger partial charge < -0.3 is 4.74 Å². The minimum Gasteiger partial charge on any atom is -0.487 e. The Hall–Kier alpha value is -1.00. The van der Waals surface area contributed by atoms with Crippen LogP contribution in [0.1, 0.15) is 26.7 Å². The lowest BCUT2D eigenvalue weighted by Crippen LogP contribution is -2.18. The van der Waals surface area contributed by atoms with Gasteiger partial charge in [0.1, 0.15) is 5.76 Å². The molecule has 2 nitrogen and oxygen atoms in total. The monoisotopic (exact) mass is 221 g/mol. The largest absolute Gasteiger partial charge is 0.487 e. The highest BCUT2D eigenvalue weighted by molar-refractivity contribution is 5.87. The maximum atomic E-state index is 11.8. The highest BCUT2D eigenvalue weighted by Crippen LogP contribution is 2.21. The lowest BCUT2D eigenvalue weighted by molar-refractivity contribution is -0.165. The van der Waals surface area contributed by atoms with Crippen LogP contribution in [0.4, 0.5) is 13.2 Å². The van der Waals surface area contributed by atoms with Crippen molar-refractivity contribution in [1.29, 1.82) is 0 Å². The SMILES string of the molecule is CC(C)C1=NC=C(OCC(F)(F)F)CC1. The summed E-state index contributed by atoms with van der Waals surface area (Å²) in [6.45, 7) is 2.79. The Balaban J connectivity index is 2.47. The van der Waals surface area contributed by atoms with Crippen LogP contribution in [-0.2, 0) is 4.74 Å². The van der Waals surface area contributed by atoms with E-state index in [1.54, 1.807) is 0 Å². The average Bonchev–Trinajstić information content (AvgIpc) is 2.14. The normalized spacial score (nSPS) is 17.5. The second-order valence-electron chi connectivity index (χ2n) is 3.77. The molecule has 0 atom stereocenters. The minimum absolute atomic E-state index is 0.316. The summed E-state index contributed by atoms with van der Waals surface area (Å²) >= 11 is 0. The van der Waals surface area contributed by atoms with Crippen LogP contribution >= 0.6 is 0 Å². The van der Waals surface area contributed by atoms with Crippen molar-refractivity contribution in [3.8, 4) is 0 Å². The molecule has 0 saturated carbocycles. The molecule has 0 unspecified atom stereocenters. The molecule has 0 N–H and O–H groups in total. The zero-order chi connectivity index (χ0) is 11.5. The predicted octanol–water partition coefficient (Wildman–Crippen LogP) is 3.30. The van der Waals surface area contributed by atoms with Gasteiger partial charge in [-0.15, -0.1) is 0 Å². The van der Waals surface area contributed by atoms with Crippen LogP contribution in [0.2, 0.25) is 0 Å². The first-order valence-corrected chi connectivity index (χ1v) is 4.83. The Labute approximate surface area is 86.8 Å². The van der Waals surface area contributed by atoms with E-state index in [2.05, 4.69) is 9.73 Å². The smallest absolute Gasteiger partial charge is 0.422 e. The minimum atomic E-state index is -4.27. The van der Waals surface area contributed by atoms with Gasteiger partial charge in [0.2, 0.25) is 0 Å². The van der Waals surface area contributed by atoms with Crippen LogP contribution in [0.3, 0.4) is 0 Å². The molecule has 0 spiro atoms. The Morgan fingerprint density at radius 2 is 2.07 bits per heavy atom. The van der Waals surface area contributed by atoms with Crippen LogP contribution in [0, 0.1) is 5.92 Å². The van der Waals surface area contributed by atoms with E-state index in [1.165, 1.54) is 6.20 Å². The van der Waals surface area contributed by atoms with Gasteiger partial charge in [0, 0.05) is 12.1 Å². The predicted molar refractivity (Wildman–Crippen MR) is 51.6 cm³/mol. The molecule has 0 radical (unpaired) electrons. The van der Waals surface area contributed by atoms with Gasteiger partial charge >= 0.3 is 6.18 Å². The van der Waals surface area contributed by atoms with Gasteiger partial charge in [-0.3, -0.25) is 4.99 Å². The third kappa shape index (κ3) is 4.36. The molecule has 0 aliphatic carbocycles. The van der Waals surface area contributed by atoms with Crippen molar-refractivity contribution in [3.05, 3.63) is 12.0 Å². The van der Waals surface area contributed by atoms with E-state index in [9.17, 15) is 13.2 Å². The van der Waals surface area contributed by atoms with E-state index in [1.807, 2.05) is 13.8 Å². The van der Waals surface area contributed by atoms with E-state index < -0.39 is 12.8 Å². The van der Waals surface area contributed by atoms with Crippen molar-refractivity contribution < 1.29 is 17.9 Å². The molecule has 1 aliphatic heterocycles. The fourth-order valence-corrected chi connectivity index (χ4v) is 1.26. The molecular formula is C10H14F3NO. The molecule has 15 heavy (non-hydrogen) atoms. The van der Waals surface area contributed by atoms with Gasteiger partial charge in [0.15, 0.2) is 6.61 Å². The Morgan fingerprint density at radius 1 is 1.40 bits per heavy atom. The highest BCUT2D eigenvalue weighted by atomic mass is 19.4. The number of alkyl halides is 3. The maximum absolute atomic E-state index is 11.8. The summed E-state index contributed by atoms with van der Waals surface area (Å²) in [4.78, 5) is 4.07. The molecule has 0 aromatic heterocycles. The number of nitrogens with zero attached hydrogens (tertiary/aromatic N) is 1. The molecular weight excluding hydrogens is 207 g/mol. The first kappa shape index (κ1) is 12.1. The number of hydrogen-bond donors (Lipinski definition) is 0. The highest BCUT2D eigenvalue weighted by Gasteiger charge is 2.29. The number of rotatable bonds is 3. The maximum Gasteiger partial charge on any atom is 0.422 e. The molecule has 1 rings (SSSR count). The average molecular weight is 221 g/mol. The third-order valence-corrected chi connectivity index (χ3v) is 2.09. The van der Waals surface area contributed by atoms with Crippen molar-refractivity contribution >= 4 is 5.71 Å². The van der Waals surface area contributed by atoms with Crippen LogP contribution in [0.15, 0.2) is 17.0 Å². The molecule has 1 heterocycles. The molecule has 0 bridgehead atoms. The Morgan fingerprint density at radius 3 is 2.47 bits per heavy atom. The first-order chi connectivity index (χ1) is 6.88. The van der Waals surface area contributed by atoms with Crippen molar-refractivity contribution in [2.75, 3.05) is 6.61 Å². The summed E-state index contributed by atoms with van der Waals surface area (Å²) in [5, 5.41) is 0. The van der Waals surface area contributed by atoms with Gasteiger partial charge in [-0.1, -0.05) is 13.8 Å². The van der Waals surface area contributed by atoms with Gasteiger partial charge in [-0.05, 0) is 12.3 Å². The Kier molecular flexibility index (Phi) is 3.77. The number of aliphatic imine (C=N–C) groups is 1. The van der Waals surface area contributed by atoms with E-state index in [4.69, 9.17) is 0 Å². The van der Waals surface area contributed by atoms with Gasteiger partial charge in [0.25, 0.3) is 0 Å². The number of hydrogen-bond acceptors (Lipinski definition) is 2. The summed E-state index contributed by atoms with van der Waals surface area (Å²) in [7, 11) is 0. The van der Waals surface area contributed by atoms with E-state index in [0.717, 1.165) is 5.71 Å². The summed E-state index contributed by atoms with van der Waals surface area (Å²) in [5.74, 6) is 0.655. The summed E-state index contributed by atoms with van der Waals surface area (Å²) in [6.07, 6.45) is -1.69. The lowest BCUT2D eigenvalue weighted by atomic mass is 10.0. The molecule has 86 valence electrons. The zero-order valence-corrected chi connectivity index (χ0v) is 8.77. The van der Waals surface area contributed by atoms with Crippen molar-refractivity contribution in [1.82, 2.24) is 0 Å². The summed E-state index contributed by atoms with van der Waals surface area (Å²) in [6, 6.07) is 0.